The molecule has 5 rings (SSSR count). The lowest BCUT2D eigenvalue weighted by Crippen LogP contribution is -2.41. The van der Waals surface area contributed by atoms with Crippen LogP contribution in [0.15, 0.2) is 54.7 Å². The third-order valence-corrected chi connectivity index (χ3v) is 7.89. The Morgan fingerprint density at radius 2 is 1.68 bits per heavy atom. The van der Waals surface area contributed by atoms with Crippen LogP contribution < -0.4 is 0 Å². The van der Waals surface area contributed by atoms with E-state index in [9.17, 15) is 32.3 Å². The second-order valence-electron chi connectivity index (χ2n) is 10.3. The topological polar surface area (TPSA) is 65.8 Å². The van der Waals surface area contributed by atoms with Crippen LogP contribution in [-0.4, -0.2) is 70.3 Å². The number of alkyl halides is 3. The summed E-state index contributed by atoms with van der Waals surface area (Å²) >= 11 is 0. The van der Waals surface area contributed by atoms with E-state index in [1.807, 2.05) is 4.90 Å². The molecule has 3 aromatic rings. The molecule has 0 saturated carbocycles. The Morgan fingerprint density at radius 1 is 0.974 bits per heavy atom. The maximum atomic E-state index is 14.1. The number of para-hydroxylation sites is 1. The lowest BCUT2D eigenvalue weighted by Gasteiger charge is -2.35. The first-order valence-corrected chi connectivity index (χ1v) is 12.7. The van der Waals surface area contributed by atoms with Crippen molar-refractivity contribution in [3.05, 3.63) is 71.7 Å². The van der Waals surface area contributed by atoms with Gasteiger partial charge in [-0.25, -0.2) is 4.39 Å². The molecule has 10 heteroatoms. The van der Waals surface area contributed by atoms with Gasteiger partial charge in [-0.3, -0.25) is 9.59 Å². The maximum Gasteiger partial charge on any atom is 0.393 e. The largest absolute Gasteiger partial charge is 0.480 e. The van der Waals surface area contributed by atoms with Crippen LogP contribution in [0.25, 0.3) is 10.9 Å². The number of likely N-dealkylation sites (tertiary alicyclic amines) is 2. The number of halogens is 4. The first-order chi connectivity index (χ1) is 18.1. The van der Waals surface area contributed by atoms with E-state index in [1.165, 1.54) is 21.6 Å². The van der Waals surface area contributed by atoms with Crippen LogP contribution in [0.3, 0.4) is 0 Å². The summed E-state index contributed by atoms with van der Waals surface area (Å²) in [6, 6.07) is 13.0. The quantitative estimate of drug-likeness (QED) is 0.455. The minimum Gasteiger partial charge on any atom is -0.480 e. The van der Waals surface area contributed by atoms with Crippen molar-refractivity contribution in [2.24, 2.45) is 11.8 Å². The molecule has 2 saturated heterocycles. The van der Waals surface area contributed by atoms with Crippen molar-refractivity contribution >= 4 is 22.8 Å². The molecule has 1 aromatic heterocycles. The molecule has 202 valence electrons. The van der Waals surface area contributed by atoms with Gasteiger partial charge in [-0.2, -0.15) is 13.2 Å². The number of benzene rings is 2. The van der Waals surface area contributed by atoms with Crippen LogP contribution in [0.2, 0.25) is 0 Å². The zero-order chi connectivity index (χ0) is 27.0. The van der Waals surface area contributed by atoms with Gasteiger partial charge in [-0.1, -0.05) is 24.3 Å². The number of fused-ring (bicyclic) bond motifs is 1. The van der Waals surface area contributed by atoms with E-state index in [-0.39, 0.29) is 36.9 Å². The summed E-state index contributed by atoms with van der Waals surface area (Å²) in [5.41, 5.74) is 1.66. The summed E-state index contributed by atoms with van der Waals surface area (Å²) in [4.78, 5) is 28.1. The van der Waals surface area contributed by atoms with Gasteiger partial charge in [-0.15, -0.1) is 0 Å². The molecule has 3 heterocycles. The second-order valence-corrected chi connectivity index (χ2v) is 10.3. The van der Waals surface area contributed by atoms with E-state index < -0.39 is 36.4 Å². The number of amides is 1. The first-order valence-electron chi connectivity index (χ1n) is 12.7. The number of carboxylic acids is 1. The molecule has 2 aliphatic rings. The molecule has 2 aromatic carbocycles. The molecular formula is C28H29F4N3O3. The number of piperidine rings is 1. The van der Waals surface area contributed by atoms with Crippen molar-refractivity contribution in [2.75, 3.05) is 32.7 Å². The van der Waals surface area contributed by atoms with Crippen LogP contribution in [-0.2, 0) is 11.3 Å². The lowest BCUT2D eigenvalue weighted by atomic mass is 9.88. The Balaban J connectivity index is 1.30. The minimum absolute atomic E-state index is 0.0169. The smallest absolute Gasteiger partial charge is 0.393 e. The van der Waals surface area contributed by atoms with Crippen molar-refractivity contribution in [1.82, 2.24) is 14.4 Å². The molecule has 2 aliphatic heterocycles. The van der Waals surface area contributed by atoms with Gasteiger partial charge in [0.1, 0.15) is 12.4 Å². The number of carbonyl (C=O) groups excluding carboxylic acids is 1. The van der Waals surface area contributed by atoms with Crippen LogP contribution in [0, 0.1) is 17.7 Å². The average molecular weight is 532 g/mol. The van der Waals surface area contributed by atoms with Gasteiger partial charge in [-0.05, 0) is 61.7 Å². The second kappa shape index (κ2) is 10.4. The van der Waals surface area contributed by atoms with Crippen LogP contribution in [0.1, 0.15) is 34.7 Å². The Morgan fingerprint density at radius 3 is 2.34 bits per heavy atom. The number of carboxylic acid groups (broad SMARTS) is 1. The monoisotopic (exact) mass is 531 g/mol. The highest BCUT2D eigenvalue weighted by molar-refractivity contribution is 6.06. The van der Waals surface area contributed by atoms with Crippen LogP contribution in [0.4, 0.5) is 17.6 Å². The molecule has 2 fully saturated rings. The fourth-order valence-corrected chi connectivity index (χ4v) is 5.99. The molecule has 0 bridgehead atoms. The van der Waals surface area contributed by atoms with Gasteiger partial charge in [0, 0.05) is 37.1 Å². The molecule has 1 amide bonds. The molecule has 0 aliphatic carbocycles. The molecule has 1 N–H and O–H groups in total. The summed E-state index contributed by atoms with van der Waals surface area (Å²) < 4.78 is 56.9. The van der Waals surface area contributed by atoms with E-state index in [2.05, 4.69) is 0 Å². The number of nitrogens with zero attached hydrogens (tertiary/aromatic N) is 3. The number of rotatable bonds is 6. The van der Waals surface area contributed by atoms with Crippen molar-refractivity contribution in [2.45, 2.75) is 31.5 Å². The number of hydrogen-bond donors (Lipinski definition) is 1. The first kappa shape index (κ1) is 26.2. The van der Waals surface area contributed by atoms with E-state index in [4.69, 9.17) is 0 Å². The third-order valence-electron chi connectivity index (χ3n) is 7.89. The number of aliphatic carboxylic acids is 1. The summed E-state index contributed by atoms with van der Waals surface area (Å²) in [6.07, 6.45) is -1.32. The van der Waals surface area contributed by atoms with Gasteiger partial charge in [0.2, 0.25) is 0 Å². The normalized spacial score (nSPS) is 21.3. The highest BCUT2D eigenvalue weighted by Crippen LogP contribution is 2.39. The Kier molecular flexibility index (Phi) is 7.17. The fraction of sp³-hybridized carbons (Fsp3) is 0.429. The summed E-state index contributed by atoms with van der Waals surface area (Å²) in [5.74, 6) is -4.04. The van der Waals surface area contributed by atoms with Crippen molar-refractivity contribution < 1.29 is 32.3 Å². The SMILES string of the molecule is O=C(O)Cn1ccc2cccc(C(=O)N3C[C@@H](CN4CCC(c5ccc(F)cc5)CC4)[C@H](C(F)(F)F)C3)c21. The highest BCUT2D eigenvalue weighted by Gasteiger charge is 2.51. The predicted octanol–water partition coefficient (Wildman–Crippen LogP) is 5.00. The summed E-state index contributed by atoms with van der Waals surface area (Å²) in [5, 5.41) is 9.89. The number of hydrogen-bond acceptors (Lipinski definition) is 3. The maximum absolute atomic E-state index is 14.1. The van der Waals surface area contributed by atoms with E-state index in [1.54, 1.807) is 42.6 Å². The molecule has 6 nitrogen and oxygen atoms in total. The average Bonchev–Trinajstić information content (AvgIpc) is 3.49. The predicted molar refractivity (Wildman–Crippen MR) is 133 cm³/mol. The molecule has 38 heavy (non-hydrogen) atoms. The van der Waals surface area contributed by atoms with E-state index >= 15 is 0 Å². The lowest BCUT2D eigenvalue weighted by molar-refractivity contribution is -0.181. The van der Waals surface area contributed by atoms with Crippen LogP contribution >= 0.6 is 0 Å². The number of aromatic nitrogens is 1. The van der Waals surface area contributed by atoms with E-state index in [0.717, 1.165) is 18.4 Å². The molecule has 0 spiro atoms. The molecule has 0 radical (unpaired) electrons. The molecular weight excluding hydrogens is 502 g/mol. The van der Waals surface area contributed by atoms with Crippen LogP contribution in [0.5, 0.6) is 0 Å². The van der Waals surface area contributed by atoms with E-state index in [0.29, 0.717) is 24.0 Å². The Labute approximate surface area is 217 Å². The summed E-state index contributed by atoms with van der Waals surface area (Å²) in [6.45, 7) is 0.726. The third kappa shape index (κ3) is 5.41. The fourth-order valence-electron chi connectivity index (χ4n) is 5.99. The molecule has 2 atom stereocenters. The zero-order valence-electron chi connectivity index (χ0n) is 20.7. The standard InChI is InChI=1S/C28H29F4N3O3/c29-22-6-4-18(5-7-22)19-8-11-33(12-9-19)14-21-15-35(16-24(21)28(30,31)32)27(38)23-3-1-2-20-10-13-34(26(20)23)17-25(36)37/h1-7,10,13,19,21,24H,8-9,11-12,14-17H2,(H,36,37)/t21-,24-/m1/s1. The van der Waals surface area contributed by atoms with Crippen molar-refractivity contribution in [3.8, 4) is 0 Å². The summed E-state index contributed by atoms with van der Waals surface area (Å²) in [7, 11) is 0. The van der Waals surface area contributed by atoms with Gasteiger partial charge in [0.25, 0.3) is 5.91 Å². The Hall–Kier alpha value is -3.40. The number of carbonyl (C=O) groups is 2. The minimum atomic E-state index is -4.44. The highest BCUT2D eigenvalue weighted by atomic mass is 19.4. The van der Waals surface area contributed by atoms with Gasteiger partial charge in [0.15, 0.2) is 0 Å². The van der Waals surface area contributed by atoms with Crippen molar-refractivity contribution in [3.63, 3.8) is 0 Å². The van der Waals surface area contributed by atoms with Gasteiger partial charge in [0.05, 0.1) is 17.0 Å². The van der Waals surface area contributed by atoms with Gasteiger partial charge >= 0.3 is 12.1 Å². The van der Waals surface area contributed by atoms with Gasteiger partial charge < -0.3 is 19.5 Å². The van der Waals surface area contributed by atoms with Crippen molar-refractivity contribution in [1.29, 1.82) is 0 Å². The Bertz CT molecular complexity index is 1310. The zero-order valence-corrected chi connectivity index (χ0v) is 20.7. The molecule has 0 unspecified atom stereocenters.